The Hall–Kier alpha value is -2.14. The van der Waals surface area contributed by atoms with E-state index in [1.807, 2.05) is 29.6 Å². The van der Waals surface area contributed by atoms with Crippen molar-refractivity contribution < 1.29 is 9.59 Å². The van der Waals surface area contributed by atoms with Crippen LogP contribution in [0.5, 0.6) is 0 Å². The minimum absolute atomic E-state index is 0.00805. The minimum atomic E-state index is -0.351. The third-order valence-corrected chi connectivity index (χ3v) is 6.11. The van der Waals surface area contributed by atoms with Crippen LogP contribution in [0.15, 0.2) is 41.8 Å². The second-order valence-electron chi connectivity index (χ2n) is 6.79. The van der Waals surface area contributed by atoms with E-state index in [0.717, 1.165) is 32.1 Å². The summed E-state index contributed by atoms with van der Waals surface area (Å²) in [6.07, 6.45) is 4.65. The SMILES string of the molecule is O=C(NC1CCc2ccccc21)C1CCCCN1C(=O)c1cccs1. The molecule has 1 aromatic carbocycles. The van der Waals surface area contributed by atoms with Gasteiger partial charge in [-0.2, -0.15) is 0 Å². The predicted octanol–water partition coefficient (Wildman–Crippen LogP) is 3.55. The fourth-order valence-electron chi connectivity index (χ4n) is 3.96. The maximum Gasteiger partial charge on any atom is 0.264 e. The Balaban J connectivity index is 1.49. The van der Waals surface area contributed by atoms with Crippen LogP contribution in [0.25, 0.3) is 0 Å². The van der Waals surface area contributed by atoms with E-state index in [9.17, 15) is 9.59 Å². The van der Waals surface area contributed by atoms with Gasteiger partial charge in [-0.1, -0.05) is 30.3 Å². The van der Waals surface area contributed by atoms with Crippen molar-refractivity contribution in [2.45, 2.75) is 44.2 Å². The van der Waals surface area contributed by atoms with Gasteiger partial charge in [-0.15, -0.1) is 11.3 Å². The Morgan fingerprint density at radius 2 is 1.96 bits per heavy atom. The van der Waals surface area contributed by atoms with Crippen LogP contribution in [0.4, 0.5) is 0 Å². The zero-order chi connectivity index (χ0) is 17.2. The molecule has 0 radical (unpaired) electrons. The number of benzene rings is 1. The number of hydrogen-bond acceptors (Lipinski definition) is 3. The maximum atomic E-state index is 12.9. The summed E-state index contributed by atoms with van der Waals surface area (Å²) in [6.45, 7) is 0.663. The summed E-state index contributed by atoms with van der Waals surface area (Å²) in [7, 11) is 0. The molecule has 130 valence electrons. The van der Waals surface area contributed by atoms with E-state index in [4.69, 9.17) is 0 Å². The monoisotopic (exact) mass is 354 g/mol. The summed E-state index contributed by atoms with van der Waals surface area (Å²) >= 11 is 1.44. The predicted molar refractivity (Wildman–Crippen MR) is 98.6 cm³/mol. The van der Waals surface area contributed by atoms with E-state index in [1.165, 1.54) is 22.5 Å². The molecule has 25 heavy (non-hydrogen) atoms. The first kappa shape index (κ1) is 16.3. The van der Waals surface area contributed by atoms with Crippen LogP contribution in [-0.2, 0) is 11.2 Å². The number of amides is 2. The lowest BCUT2D eigenvalue weighted by Gasteiger charge is -2.35. The molecule has 2 aromatic rings. The number of likely N-dealkylation sites (tertiary alicyclic amines) is 1. The van der Waals surface area contributed by atoms with Crippen molar-refractivity contribution in [3.8, 4) is 0 Å². The van der Waals surface area contributed by atoms with Gasteiger partial charge in [0.05, 0.1) is 10.9 Å². The molecule has 1 aliphatic carbocycles. The zero-order valence-electron chi connectivity index (χ0n) is 14.1. The number of carbonyl (C=O) groups is 2. The largest absolute Gasteiger partial charge is 0.347 e. The third kappa shape index (κ3) is 3.21. The summed E-state index contributed by atoms with van der Waals surface area (Å²) < 4.78 is 0. The van der Waals surface area contributed by atoms with E-state index in [-0.39, 0.29) is 23.9 Å². The van der Waals surface area contributed by atoms with Gasteiger partial charge in [-0.3, -0.25) is 9.59 Å². The summed E-state index contributed by atoms with van der Waals surface area (Å²) in [5.41, 5.74) is 2.55. The van der Waals surface area contributed by atoms with Gasteiger partial charge in [0.25, 0.3) is 5.91 Å². The average Bonchev–Trinajstić information content (AvgIpc) is 3.32. The maximum absolute atomic E-state index is 12.9. The number of piperidine rings is 1. The van der Waals surface area contributed by atoms with E-state index in [2.05, 4.69) is 17.4 Å². The average molecular weight is 354 g/mol. The van der Waals surface area contributed by atoms with E-state index >= 15 is 0 Å². The first-order valence-electron chi connectivity index (χ1n) is 8.96. The zero-order valence-corrected chi connectivity index (χ0v) is 14.9. The van der Waals surface area contributed by atoms with Gasteiger partial charge in [0.15, 0.2) is 0 Å². The number of hydrogen-bond donors (Lipinski definition) is 1. The summed E-state index contributed by atoms with van der Waals surface area (Å²) in [5.74, 6) is -0.0204. The van der Waals surface area contributed by atoms with Crippen molar-refractivity contribution in [3.05, 3.63) is 57.8 Å². The molecular weight excluding hydrogens is 332 g/mol. The molecule has 1 fully saturated rings. The Bertz CT molecular complexity index is 772. The van der Waals surface area contributed by atoms with Gasteiger partial charge in [-0.05, 0) is 54.7 Å². The molecule has 0 bridgehead atoms. The van der Waals surface area contributed by atoms with Crippen molar-refractivity contribution >= 4 is 23.2 Å². The van der Waals surface area contributed by atoms with E-state index < -0.39 is 0 Å². The van der Waals surface area contributed by atoms with Crippen molar-refractivity contribution in [1.29, 1.82) is 0 Å². The molecule has 1 N–H and O–H groups in total. The third-order valence-electron chi connectivity index (χ3n) is 5.25. The number of thiophene rings is 1. The molecule has 4 nitrogen and oxygen atoms in total. The highest BCUT2D eigenvalue weighted by Gasteiger charge is 2.35. The van der Waals surface area contributed by atoms with Crippen molar-refractivity contribution in [2.24, 2.45) is 0 Å². The van der Waals surface area contributed by atoms with Crippen molar-refractivity contribution in [3.63, 3.8) is 0 Å². The number of nitrogens with one attached hydrogen (secondary N) is 1. The molecule has 2 aliphatic rings. The van der Waals surface area contributed by atoms with Gasteiger partial charge in [0.2, 0.25) is 5.91 Å². The van der Waals surface area contributed by atoms with Gasteiger partial charge >= 0.3 is 0 Å². The molecule has 4 rings (SSSR count). The Kier molecular flexibility index (Phi) is 4.57. The van der Waals surface area contributed by atoms with E-state index in [0.29, 0.717) is 11.4 Å². The standard InChI is InChI=1S/C20H22N2O2S/c23-19(21-16-11-10-14-6-1-2-7-15(14)16)17-8-3-4-12-22(17)20(24)18-9-5-13-25-18/h1-2,5-7,9,13,16-17H,3-4,8,10-12H2,(H,21,23). The molecule has 1 aromatic heterocycles. The molecule has 2 unspecified atom stereocenters. The van der Waals surface area contributed by atoms with Crippen molar-refractivity contribution in [2.75, 3.05) is 6.54 Å². The Morgan fingerprint density at radius 3 is 2.80 bits per heavy atom. The van der Waals surface area contributed by atoms with Gasteiger partial charge in [0, 0.05) is 6.54 Å². The highest BCUT2D eigenvalue weighted by molar-refractivity contribution is 7.12. The lowest BCUT2D eigenvalue weighted by Crippen LogP contribution is -2.52. The highest BCUT2D eigenvalue weighted by Crippen LogP contribution is 2.31. The summed E-state index contributed by atoms with van der Waals surface area (Å²) in [4.78, 5) is 28.2. The van der Waals surface area contributed by atoms with Crippen LogP contribution in [0.3, 0.4) is 0 Å². The topological polar surface area (TPSA) is 49.4 Å². The minimum Gasteiger partial charge on any atom is -0.347 e. The quantitative estimate of drug-likeness (QED) is 0.916. The number of rotatable bonds is 3. The van der Waals surface area contributed by atoms with Gasteiger partial charge in [0.1, 0.15) is 6.04 Å². The highest BCUT2D eigenvalue weighted by atomic mass is 32.1. The van der Waals surface area contributed by atoms with Gasteiger partial charge in [-0.25, -0.2) is 0 Å². The lowest BCUT2D eigenvalue weighted by atomic mass is 10.00. The molecule has 1 saturated heterocycles. The first-order valence-corrected chi connectivity index (χ1v) is 9.84. The Morgan fingerprint density at radius 1 is 1.08 bits per heavy atom. The molecule has 0 spiro atoms. The smallest absolute Gasteiger partial charge is 0.264 e. The molecule has 2 atom stereocenters. The fourth-order valence-corrected chi connectivity index (χ4v) is 4.64. The normalized spacial score (nSPS) is 22.5. The molecule has 2 amide bonds. The number of aryl methyl sites for hydroxylation is 1. The number of nitrogens with zero attached hydrogens (tertiary/aromatic N) is 1. The molecule has 0 saturated carbocycles. The van der Waals surface area contributed by atoms with Crippen LogP contribution < -0.4 is 5.32 Å². The molecule has 1 aliphatic heterocycles. The first-order chi connectivity index (χ1) is 12.2. The summed E-state index contributed by atoms with van der Waals surface area (Å²) in [6, 6.07) is 11.7. The van der Waals surface area contributed by atoms with E-state index in [1.54, 1.807) is 4.90 Å². The van der Waals surface area contributed by atoms with Crippen LogP contribution in [0, 0.1) is 0 Å². The van der Waals surface area contributed by atoms with Crippen LogP contribution >= 0.6 is 11.3 Å². The fraction of sp³-hybridized carbons (Fsp3) is 0.400. The number of carbonyl (C=O) groups excluding carboxylic acids is 2. The Labute approximate surface area is 151 Å². The molecule has 5 heteroatoms. The second kappa shape index (κ2) is 7.00. The van der Waals surface area contributed by atoms with Crippen LogP contribution in [0.1, 0.15) is 52.5 Å². The number of fused-ring (bicyclic) bond motifs is 1. The lowest BCUT2D eigenvalue weighted by molar-refractivity contribution is -0.127. The summed E-state index contributed by atoms with van der Waals surface area (Å²) in [5, 5.41) is 5.11. The van der Waals surface area contributed by atoms with Crippen LogP contribution in [0.2, 0.25) is 0 Å². The van der Waals surface area contributed by atoms with Crippen molar-refractivity contribution in [1.82, 2.24) is 10.2 Å². The van der Waals surface area contributed by atoms with Gasteiger partial charge < -0.3 is 10.2 Å². The molecule has 2 heterocycles. The molecular formula is C20H22N2O2S. The van der Waals surface area contributed by atoms with Crippen LogP contribution in [-0.4, -0.2) is 29.3 Å². The second-order valence-corrected chi connectivity index (χ2v) is 7.73.